The zero-order valence-corrected chi connectivity index (χ0v) is 23.5. The predicted molar refractivity (Wildman–Crippen MR) is 142 cm³/mol. The molecule has 0 rings (SSSR count). The molecule has 2 atom stereocenters. The van der Waals surface area contributed by atoms with Crippen molar-refractivity contribution in [1.29, 1.82) is 0 Å². The van der Waals surface area contributed by atoms with Crippen molar-refractivity contribution in [1.82, 2.24) is 21.3 Å². The Morgan fingerprint density at radius 2 is 1.41 bits per heavy atom. The Kier molecular flexibility index (Phi) is 21.5. The van der Waals surface area contributed by atoms with Crippen molar-refractivity contribution >= 4 is 12.1 Å². The average molecular weight is 537 g/mol. The van der Waals surface area contributed by atoms with Gasteiger partial charge in [0.15, 0.2) is 0 Å². The zero-order valence-electron chi connectivity index (χ0n) is 23.5. The summed E-state index contributed by atoms with van der Waals surface area (Å²) in [5.74, 6) is -0.625. The van der Waals surface area contributed by atoms with Gasteiger partial charge in [-0.2, -0.15) is 0 Å². The lowest BCUT2D eigenvalue weighted by Gasteiger charge is -2.20. The van der Waals surface area contributed by atoms with E-state index in [9.17, 15) is 19.8 Å². The third-order valence-electron chi connectivity index (χ3n) is 4.81. The number of ether oxygens (including phenoxy) is 4. The van der Waals surface area contributed by atoms with Crippen molar-refractivity contribution < 1.29 is 38.7 Å². The van der Waals surface area contributed by atoms with Crippen LogP contribution in [0.3, 0.4) is 0 Å². The standard InChI is InChI=1S/C25H52N4O8/c1-20(2)23(32)37-22(16-30)19-35-15-7-6-14-34-17-21(31)18-36-24(33)28-12-10-26-8-9-27-11-13-29-25(3,4)5/h20-22,26-27,29-31H,6-19H2,1-5H3,(H,28,33). The zero-order chi connectivity index (χ0) is 27.9. The van der Waals surface area contributed by atoms with Crippen molar-refractivity contribution in [3.63, 3.8) is 0 Å². The summed E-state index contributed by atoms with van der Waals surface area (Å²) < 4.78 is 20.9. The first-order valence-corrected chi connectivity index (χ1v) is 13.3. The molecule has 0 fully saturated rings. The van der Waals surface area contributed by atoms with Crippen LogP contribution in [0.25, 0.3) is 0 Å². The van der Waals surface area contributed by atoms with Crippen molar-refractivity contribution in [2.75, 3.05) is 78.9 Å². The van der Waals surface area contributed by atoms with E-state index in [2.05, 4.69) is 42.0 Å². The number of rotatable bonds is 23. The second-order valence-electron chi connectivity index (χ2n) is 10.1. The second-order valence-corrected chi connectivity index (χ2v) is 10.1. The molecule has 0 saturated heterocycles. The summed E-state index contributed by atoms with van der Waals surface area (Å²) in [4.78, 5) is 23.2. The smallest absolute Gasteiger partial charge is 0.407 e. The number of aliphatic hydroxyl groups is 2. The summed E-state index contributed by atoms with van der Waals surface area (Å²) >= 11 is 0. The summed E-state index contributed by atoms with van der Waals surface area (Å²) in [6.07, 6.45) is -0.725. The minimum atomic E-state index is -0.903. The summed E-state index contributed by atoms with van der Waals surface area (Å²) in [5.41, 5.74) is 0.125. The first kappa shape index (κ1) is 35.5. The molecular formula is C25H52N4O8. The van der Waals surface area contributed by atoms with Gasteiger partial charge in [-0.05, 0) is 33.6 Å². The van der Waals surface area contributed by atoms with Gasteiger partial charge >= 0.3 is 12.1 Å². The minimum absolute atomic E-state index is 0.0612. The maximum absolute atomic E-state index is 11.7. The van der Waals surface area contributed by atoms with Crippen LogP contribution in [-0.2, 0) is 23.7 Å². The molecule has 0 bridgehead atoms. The Morgan fingerprint density at radius 1 is 0.838 bits per heavy atom. The van der Waals surface area contributed by atoms with E-state index in [0.717, 1.165) is 26.2 Å². The molecule has 12 heteroatoms. The molecule has 6 N–H and O–H groups in total. The Morgan fingerprint density at radius 3 is 1.97 bits per heavy atom. The number of nitrogens with one attached hydrogen (secondary N) is 4. The molecule has 220 valence electrons. The first-order chi connectivity index (χ1) is 17.5. The van der Waals surface area contributed by atoms with Gasteiger partial charge in [0.2, 0.25) is 0 Å². The van der Waals surface area contributed by atoms with Crippen LogP contribution in [0.1, 0.15) is 47.5 Å². The Labute approximate surface area is 222 Å². The number of hydrogen-bond acceptors (Lipinski definition) is 11. The van der Waals surface area contributed by atoms with E-state index in [1.54, 1.807) is 13.8 Å². The third kappa shape index (κ3) is 24.5. The van der Waals surface area contributed by atoms with Gasteiger partial charge < -0.3 is 50.4 Å². The van der Waals surface area contributed by atoms with Crippen LogP contribution in [0, 0.1) is 5.92 Å². The van der Waals surface area contributed by atoms with Crippen LogP contribution in [0.15, 0.2) is 0 Å². The highest BCUT2D eigenvalue weighted by Crippen LogP contribution is 2.02. The van der Waals surface area contributed by atoms with Gasteiger partial charge in [-0.1, -0.05) is 13.8 Å². The fourth-order valence-corrected chi connectivity index (χ4v) is 2.74. The fraction of sp³-hybridized carbons (Fsp3) is 0.920. The largest absolute Gasteiger partial charge is 0.457 e. The molecule has 0 saturated carbocycles. The van der Waals surface area contributed by atoms with Crippen LogP contribution >= 0.6 is 0 Å². The molecule has 0 aromatic heterocycles. The van der Waals surface area contributed by atoms with Gasteiger partial charge in [0.25, 0.3) is 0 Å². The van der Waals surface area contributed by atoms with E-state index in [4.69, 9.17) is 18.9 Å². The Balaban J connectivity index is 3.51. The molecule has 12 nitrogen and oxygen atoms in total. The average Bonchev–Trinajstić information content (AvgIpc) is 2.83. The van der Waals surface area contributed by atoms with E-state index in [-0.39, 0.29) is 43.9 Å². The molecule has 0 aromatic carbocycles. The molecule has 1 amide bonds. The monoisotopic (exact) mass is 536 g/mol. The SMILES string of the molecule is CC(C)C(=O)OC(CO)COCCCCOCC(O)COC(=O)NCCNCCNCCNC(C)(C)C. The lowest BCUT2D eigenvalue weighted by molar-refractivity contribution is -0.158. The second kappa shape index (κ2) is 22.4. The van der Waals surface area contributed by atoms with Crippen LogP contribution in [0.4, 0.5) is 4.79 Å². The maximum Gasteiger partial charge on any atom is 0.407 e. The van der Waals surface area contributed by atoms with E-state index in [1.165, 1.54) is 0 Å². The number of carbonyl (C=O) groups is 2. The minimum Gasteiger partial charge on any atom is -0.457 e. The Bertz CT molecular complexity index is 575. The van der Waals surface area contributed by atoms with Crippen molar-refractivity contribution in [3.05, 3.63) is 0 Å². The van der Waals surface area contributed by atoms with Gasteiger partial charge in [0, 0.05) is 58.0 Å². The molecule has 37 heavy (non-hydrogen) atoms. The number of amides is 1. The van der Waals surface area contributed by atoms with Crippen molar-refractivity contribution in [2.45, 2.75) is 65.2 Å². The van der Waals surface area contributed by atoms with Crippen LogP contribution in [0.2, 0.25) is 0 Å². The fourth-order valence-electron chi connectivity index (χ4n) is 2.74. The Hall–Kier alpha value is -1.54. The van der Waals surface area contributed by atoms with Gasteiger partial charge in [0.05, 0.1) is 25.7 Å². The number of esters is 1. The summed E-state index contributed by atoms with van der Waals surface area (Å²) in [6.45, 7) is 15.0. The number of hydrogen-bond donors (Lipinski definition) is 6. The van der Waals surface area contributed by atoms with E-state index < -0.39 is 18.3 Å². The molecule has 2 unspecified atom stereocenters. The summed E-state index contributed by atoms with van der Waals surface area (Å²) in [7, 11) is 0. The lowest BCUT2D eigenvalue weighted by Crippen LogP contribution is -2.41. The van der Waals surface area contributed by atoms with E-state index in [1.807, 2.05) is 0 Å². The molecule has 0 aromatic rings. The molecule has 0 heterocycles. The van der Waals surface area contributed by atoms with Gasteiger partial charge in [-0.25, -0.2) is 4.79 Å². The van der Waals surface area contributed by atoms with Crippen LogP contribution in [0.5, 0.6) is 0 Å². The summed E-state index contributed by atoms with van der Waals surface area (Å²) in [6, 6.07) is 0. The van der Waals surface area contributed by atoms with Crippen LogP contribution < -0.4 is 21.3 Å². The van der Waals surface area contributed by atoms with Gasteiger partial charge in [-0.3, -0.25) is 4.79 Å². The van der Waals surface area contributed by atoms with Crippen LogP contribution in [-0.4, -0.2) is 119 Å². The molecule has 0 aliphatic rings. The van der Waals surface area contributed by atoms with Gasteiger partial charge in [0.1, 0.15) is 18.8 Å². The topological polar surface area (TPSA) is 160 Å². The highest BCUT2D eigenvalue weighted by Gasteiger charge is 2.16. The molecule has 0 radical (unpaired) electrons. The van der Waals surface area contributed by atoms with Crippen molar-refractivity contribution in [3.8, 4) is 0 Å². The normalized spacial score (nSPS) is 13.4. The van der Waals surface area contributed by atoms with Crippen molar-refractivity contribution in [2.24, 2.45) is 5.92 Å². The number of carbonyl (C=O) groups excluding carboxylic acids is 2. The molecular weight excluding hydrogens is 484 g/mol. The molecule has 0 spiro atoms. The predicted octanol–water partition coefficient (Wildman–Crippen LogP) is 0.0143. The van der Waals surface area contributed by atoms with Gasteiger partial charge in [-0.15, -0.1) is 0 Å². The summed E-state index contributed by atoms with van der Waals surface area (Å²) in [5, 5.41) is 31.7. The van der Waals surface area contributed by atoms with E-state index >= 15 is 0 Å². The maximum atomic E-state index is 11.7. The lowest BCUT2D eigenvalue weighted by atomic mass is 10.1. The third-order valence-corrected chi connectivity index (χ3v) is 4.81. The molecule has 0 aliphatic carbocycles. The number of alkyl carbamates (subject to hydrolysis) is 1. The highest BCUT2D eigenvalue weighted by atomic mass is 16.6. The number of aliphatic hydroxyl groups excluding tert-OH is 2. The molecule has 0 aliphatic heterocycles. The number of unbranched alkanes of at least 4 members (excludes halogenated alkanes) is 1. The quantitative estimate of drug-likeness (QED) is 0.0771. The van der Waals surface area contributed by atoms with E-state index in [0.29, 0.717) is 39.1 Å². The highest BCUT2D eigenvalue weighted by molar-refractivity contribution is 5.71. The first-order valence-electron chi connectivity index (χ1n) is 13.3.